The van der Waals surface area contributed by atoms with E-state index >= 15 is 0 Å². The van der Waals surface area contributed by atoms with Gasteiger partial charge in [-0.3, -0.25) is 14.4 Å². The molecule has 2 aromatic carbocycles. The summed E-state index contributed by atoms with van der Waals surface area (Å²) >= 11 is 0. The van der Waals surface area contributed by atoms with Gasteiger partial charge in [0.05, 0.1) is 19.0 Å². The Morgan fingerprint density at radius 2 is 1.68 bits per heavy atom. The SMILES string of the molecule is CCCN1C(=O)c2c(C(=O)NCc3ccc(OC(C)C)cc3)ncn2CC1(C)C(=O)NCc1ccccc1. The van der Waals surface area contributed by atoms with E-state index in [2.05, 4.69) is 15.6 Å². The van der Waals surface area contributed by atoms with Crippen LogP contribution >= 0.6 is 0 Å². The lowest BCUT2D eigenvalue weighted by Gasteiger charge is -2.43. The van der Waals surface area contributed by atoms with E-state index in [4.69, 9.17) is 4.74 Å². The van der Waals surface area contributed by atoms with Crippen molar-refractivity contribution in [2.45, 2.75) is 65.4 Å². The third-order valence-electron chi connectivity index (χ3n) is 6.55. The molecular weight excluding hydrogens is 482 g/mol. The highest BCUT2D eigenvalue weighted by Crippen LogP contribution is 2.29. The second-order valence-electron chi connectivity index (χ2n) is 9.96. The highest BCUT2D eigenvalue weighted by molar-refractivity contribution is 6.07. The van der Waals surface area contributed by atoms with Gasteiger partial charge in [0.15, 0.2) is 5.69 Å². The van der Waals surface area contributed by atoms with E-state index in [0.29, 0.717) is 19.5 Å². The van der Waals surface area contributed by atoms with Crippen LogP contribution in [0, 0.1) is 0 Å². The van der Waals surface area contributed by atoms with Gasteiger partial charge in [-0.15, -0.1) is 0 Å². The van der Waals surface area contributed by atoms with Crippen molar-refractivity contribution < 1.29 is 19.1 Å². The van der Waals surface area contributed by atoms with Crippen LogP contribution in [0.3, 0.4) is 0 Å². The Kier molecular flexibility index (Phi) is 8.14. The lowest BCUT2D eigenvalue weighted by Crippen LogP contribution is -2.64. The van der Waals surface area contributed by atoms with E-state index in [-0.39, 0.29) is 42.4 Å². The standard InChI is InChI=1S/C29H35N5O4/c1-5-15-34-27(36)25-24(26(35)30-16-22-11-13-23(14-12-22)38-20(2)3)32-19-33(25)18-29(34,4)28(37)31-17-21-9-7-6-8-10-21/h6-14,19-20H,5,15-18H2,1-4H3,(H,30,35)(H,31,37). The molecule has 3 aromatic rings. The minimum Gasteiger partial charge on any atom is -0.491 e. The maximum absolute atomic E-state index is 13.7. The first-order valence-electron chi connectivity index (χ1n) is 13.0. The van der Waals surface area contributed by atoms with Crippen LogP contribution in [0.2, 0.25) is 0 Å². The first-order chi connectivity index (χ1) is 18.2. The summed E-state index contributed by atoms with van der Waals surface area (Å²) in [6.45, 7) is 8.85. The number of carbonyl (C=O) groups is 3. The van der Waals surface area contributed by atoms with Gasteiger partial charge in [0.1, 0.15) is 17.0 Å². The van der Waals surface area contributed by atoms with E-state index in [1.54, 1.807) is 16.4 Å². The molecule has 1 unspecified atom stereocenters. The molecular formula is C29H35N5O4. The van der Waals surface area contributed by atoms with E-state index < -0.39 is 11.4 Å². The molecule has 0 fully saturated rings. The predicted octanol–water partition coefficient (Wildman–Crippen LogP) is 3.54. The number of fused-ring (bicyclic) bond motifs is 1. The number of ether oxygens (including phenoxy) is 1. The zero-order valence-electron chi connectivity index (χ0n) is 22.4. The third kappa shape index (κ3) is 5.72. The van der Waals surface area contributed by atoms with Crippen LogP contribution in [0.4, 0.5) is 0 Å². The number of amides is 3. The highest BCUT2D eigenvalue weighted by Gasteiger charge is 2.48. The van der Waals surface area contributed by atoms with Crippen LogP contribution in [0.5, 0.6) is 5.75 Å². The largest absolute Gasteiger partial charge is 0.491 e. The number of rotatable bonds is 10. The van der Waals surface area contributed by atoms with Gasteiger partial charge in [0.25, 0.3) is 11.8 Å². The number of hydrogen-bond donors (Lipinski definition) is 2. The fraction of sp³-hybridized carbons (Fsp3) is 0.379. The van der Waals surface area contributed by atoms with Crippen LogP contribution in [0.25, 0.3) is 0 Å². The van der Waals surface area contributed by atoms with Crippen LogP contribution in [-0.4, -0.2) is 50.4 Å². The number of carbonyl (C=O) groups excluding carboxylic acids is 3. The first-order valence-corrected chi connectivity index (χ1v) is 13.0. The molecule has 1 aliphatic heterocycles. The maximum atomic E-state index is 13.7. The number of hydrogen-bond acceptors (Lipinski definition) is 5. The Hall–Kier alpha value is -4.14. The zero-order valence-corrected chi connectivity index (χ0v) is 22.4. The minimum atomic E-state index is -1.12. The molecule has 1 atom stereocenters. The monoisotopic (exact) mass is 517 g/mol. The van der Waals surface area contributed by atoms with Crippen molar-refractivity contribution in [3.05, 3.63) is 83.4 Å². The Balaban J connectivity index is 1.49. The van der Waals surface area contributed by atoms with Gasteiger partial charge in [0, 0.05) is 19.6 Å². The maximum Gasteiger partial charge on any atom is 0.273 e. The van der Waals surface area contributed by atoms with E-state index in [0.717, 1.165) is 16.9 Å². The van der Waals surface area contributed by atoms with Crippen LogP contribution < -0.4 is 15.4 Å². The third-order valence-corrected chi connectivity index (χ3v) is 6.55. The van der Waals surface area contributed by atoms with Gasteiger partial charge in [-0.05, 0) is 50.5 Å². The van der Waals surface area contributed by atoms with Crippen molar-refractivity contribution >= 4 is 17.7 Å². The van der Waals surface area contributed by atoms with Crippen molar-refractivity contribution in [2.75, 3.05) is 6.54 Å². The van der Waals surface area contributed by atoms with Crippen molar-refractivity contribution in [3.8, 4) is 5.75 Å². The van der Waals surface area contributed by atoms with Crippen molar-refractivity contribution in [1.82, 2.24) is 25.1 Å². The van der Waals surface area contributed by atoms with Crippen LogP contribution in [0.1, 0.15) is 66.2 Å². The summed E-state index contributed by atoms with van der Waals surface area (Å²) in [5, 5.41) is 5.83. The summed E-state index contributed by atoms with van der Waals surface area (Å²) in [5.41, 5.74) is 0.998. The molecule has 2 N–H and O–H groups in total. The van der Waals surface area contributed by atoms with E-state index in [9.17, 15) is 14.4 Å². The predicted molar refractivity (Wildman–Crippen MR) is 144 cm³/mol. The number of nitrogens with one attached hydrogen (secondary N) is 2. The van der Waals surface area contributed by atoms with Gasteiger partial charge in [-0.2, -0.15) is 0 Å². The van der Waals surface area contributed by atoms with Crippen LogP contribution in [0.15, 0.2) is 60.9 Å². The Bertz CT molecular complexity index is 1290. The summed E-state index contributed by atoms with van der Waals surface area (Å²) in [6.07, 6.45) is 2.21. The first kappa shape index (κ1) is 26.9. The summed E-state index contributed by atoms with van der Waals surface area (Å²) in [5.74, 6) is -0.314. The second kappa shape index (κ2) is 11.5. The van der Waals surface area contributed by atoms with Crippen molar-refractivity contribution in [3.63, 3.8) is 0 Å². The molecule has 38 heavy (non-hydrogen) atoms. The molecule has 9 nitrogen and oxygen atoms in total. The van der Waals surface area contributed by atoms with Crippen molar-refractivity contribution in [1.29, 1.82) is 0 Å². The quantitative estimate of drug-likeness (QED) is 0.428. The smallest absolute Gasteiger partial charge is 0.273 e. The molecule has 2 heterocycles. The zero-order chi connectivity index (χ0) is 27.3. The highest BCUT2D eigenvalue weighted by atomic mass is 16.5. The second-order valence-corrected chi connectivity index (χ2v) is 9.96. The molecule has 0 spiro atoms. The molecule has 0 aliphatic carbocycles. The molecule has 4 rings (SSSR count). The molecule has 3 amide bonds. The number of nitrogens with zero attached hydrogens (tertiary/aromatic N) is 3. The molecule has 0 bridgehead atoms. The minimum absolute atomic E-state index is 0.0580. The number of benzene rings is 2. The normalized spacial score (nSPS) is 16.8. The molecule has 9 heteroatoms. The summed E-state index contributed by atoms with van der Waals surface area (Å²) in [4.78, 5) is 46.0. The lowest BCUT2D eigenvalue weighted by molar-refractivity contribution is -0.133. The van der Waals surface area contributed by atoms with E-state index in [1.165, 1.54) is 6.33 Å². The lowest BCUT2D eigenvalue weighted by atomic mass is 9.94. The fourth-order valence-electron chi connectivity index (χ4n) is 4.62. The molecule has 200 valence electrons. The summed E-state index contributed by atoms with van der Waals surface area (Å²) < 4.78 is 7.27. The number of imidazole rings is 1. The van der Waals surface area contributed by atoms with Crippen LogP contribution in [-0.2, 0) is 24.4 Å². The average molecular weight is 518 g/mol. The summed E-state index contributed by atoms with van der Waals surface area (Å²) in [6, 6.07) is 17.1. The Morgan fingerprint density at radius 1 is 1.03 bits per heavy atom. The average Bonchev–Trinajstić information content (AvgIpc) is 3.33. The molecule has 0 saturated heterocycles. The number of aromatic nitrogens is 2. The molecule has 0 saturated carbocycles. The molecule has 1 aromatic heterocycles. The Morgan fingerprint density at radius 3 is 2.34 bits per heavy atom. The van der Waals surface area contributed by atoms with E-state index in [1.807, 2.05) is 75.4 Å². The van der Waals surface area contributed by atoms with Gasteiger partial charge < -0.3 is 24.8 Å². The van der Waals surface area contributed by atoms with Gasteiger partial charge in [-0.25, -0.2) is 4.98 Å². The van der Waals surface area contributed by atoms with Crippen molar-refractivity contribution in [2.24, 2.45) is 0 Å². The van der Waals surface area contributed by atoms with Gasteiger partial charge in [0.2, 0.25) is 5.91 Å². The topological polar surface area (TPSA) is 106 Å². The fourth-order valence-corrected chi connectivity index (χ4v) is 4.62. The van der Waals surface area contributed by atoms with Gasteiger partial charge >= 0.3 is 0 Å². The molecule has 0 radical (unpaired) electrons. The molecule has 1 aliphatic rings. The van der Waals surface area contributed by atoms with Gasteiger partial charge in [-0.1, -0.05) is 49.4 Å². The Labute approximate surface area is 223 Å². The summed E-state index contributed by atoms with van der Waals surface area (Å²) in [7, 11) is 0.